The van der Waals surface area contributed by atoms with Gasteiger partial charge in [-0.15, -0.1) is 0 Å². The van der Waals surface area contributed by atoms with E-state index >= 15 is 0 Å². The van der Waals surface area contributed by atoms with Crippen LogP contribution >= 0.6 is 0 Å². The van der Waals surface area contributed by atoms with E-state index in [2.05, 4.69) is 32.1 Å². The van der Waals surface area contributed by atoms with Crippen molar-refractivity contribution in [3.05, 3.63) is 35.3 Å². The summed E-state index contributed by atoms with van der Waals surface area (Å²) in [5.74, 6) is 7.13. The molecule has 0 spiro atoms. The van der Waals surface area contributed by atoms with Crippen molar-refractivity contribution in [1.82, 2.24) is 19.5 Å². The average Bonchev–Trinajstić information content (AvgIpc) is 3.36. The van der Waals surface area contributed by atoms with Gasteiger partial charge in [0.25, 0.3) is 0 Å². The zero-order valence-electron chi connectivity index (χ0n) is 17.2. The van der Waals surface area contributed by atoms with Crippen molar-refractivity contribution >= 4 is 22.8 Å². The molecule has 1 unspecified atom stereocenters. The number of aromatic nitrogens is 4. The van der Waals surface area contributed by atoms with E-state index in [0.29, 0.717) is 29.2 Å². The minimum Gasteiger partial charge on any atom is -0.453 e. The van der Waals surface area contributed by atoms with Gasteiger partial charge in [0.15, 0.2) is 22.7 Å². The minimum absolute atomic E-state index is 0.158. The van der Waals surface area contributed by atoms with Gasteiger partial charge >= 0.3 is 0 Å². The van der Waals surface area contributed by atoms with Crippen LogP contribution in [0.5, 0.6) is 0 Å². The van der Waals surface area contributed by atoms with Gasteiger partial charge in [-0.2, -0.15) is 0 Å². The van der Waals surface area contributed by atoms with Crippen LogP contribution in [0.25, 0.3) is 11.2 Å². The number of carbonyl (C=O) groups is 1. The number of aliphatic hydroxyl groups excluding tert-OH is 2. The first-order valence-corrected chi connectivity index (χ1v) is 9.68. The van der Waals surface area contributed by atoms with E-state index in [9.17, 15) is 15.0 Å². The number of hydrogen-bond donors (Lipinski definition) is 3. The van der Waals surface area contributed by atoms with Crippen LogP contribution in [0, 0.1) is 31.6 Å². The third-order valence-corrected chi connectivity index (χ3v) is 5.65. The Hall–Kier alpha value is -3.22. The lowest BCUT2D eigenvalue weighted by Crippen LogP contribution is -2.31. The Labute approximate surface area is 173 Å². The Balaban J connectivity index is 1.77. The molecule has 3 aromatic heterocycles. The second-order valence-electron chi connectivity index (χ2n) is 7.57. The fraction of sp³-hybridized carbons (Fsp3) is 0.429. The van der Waals surface area contributed by atoms with E-state index in [0.717, 1.165) is 11.3 Å². The van der Waals surface area contributed by atoms with Crippen molar-refractivity contribution in [2.24, 2.45) is 5.92 Å². The van der Waals surface area contributed by atoms with Gasteiger partial charge < -0.3 is 24.5 Å². The minimum atomic E-state index is -1.12. The zero-order chi connectivity index (χ0) is 21.6. The maximum Gasteiger partial charge on any atom is 0.209 e. The number of aliphatic hydroxyl groups is 2. The van der Waals surface area contributed by atoms with Crippen LogP contribution in [0.3, 0.4) is 0 Å². The Morgan fingerprint density at radius 2 is 2.03 bits per heavy atom. The smallest absolute Gasteiger partial charge is 0.209 e. The molecule has 9 heteroatoms. The standard InChI is InChI=1S/C21H23N5O4/c1-10-7-13(30-12(10)3)5-6-16-24-20(22-4)17-21(25-16)26(9-23-17)15-8-14(11(2)27)18(28)19(15)29/h7,9,14-15,18-19,28-29H,8H2,1-4H3,(H,22,24,25)/t14-,15-,18?,19+/m1/s1. The van der Waals surface area contributed by atoms with Crippen LogP contribution in [0.4, 0.5) is 5.82 Å². The van der Waals surface area contributed by atoms with Crippen molar-refractivity contribution < 1.29 is 19.4 Å². The molecular formula is C21H23N5O4. The molecule has 1 saturated carbocycles. The highest BCUT2D eigenvalue weighted by atomic mass is 16.3. The molecule has 3 N–H and O–H groups in total. The first kappa shape index (κ1) is 20.1. The molecule has 4 rings (SSSR count). The molecule has 0 aliphatic heterocycles. The number of nitrogens with one attached hydrogen (secondary N) is 1. The molecule has 3 aromatic rings. The van der Waals surface area contributed by atoms with Crippen LogP contribution in [-0.4, -0.2) is 54.8 Å². The van der Waals surface area contributed by atoms with E-state index in [1.54, 1.807) is 17.9 Å². The van der Waals surface area contributed by atoms with Gasteiger partial charge in [0, 0.05) is 13.0 Å². The van der Waals surface area contributed by atoms with Crippen LogP contribution in [0.2, 0.25) is 0 Å². The van der Waals surface area contributed by atoms with Crippen LogP contribution < -0.4 is 5.32 Å². The molecule has 1 aliphatic carbocycles. The summed E-state index contributed by atoms with van der Waals surface area (Å²) < 4.78 is 7.26. The Kier molecular flexibility index (Phi) is 5.05. The molecule has 1 aliphatic rings. The molecule has 1 fully saturated rings. The maximum absolute atomic E-state index is 11.8. The molecule has 9 nitrogen and oxygen atoms in total. The molecule has 0 bridgehead atoms. The molecule has 0 saturated heterocycles. The van der Waals surface area contributed by atoms with E-state index in [1.807, 2.05) is 19.9 Å². The monoisotopic (exact) mass is 409 g/mol. The number of ketones is 1. The van der Waals surface area contributed by atoms with Crippen molar-refractivity contribution in [2.75, 3.05) is 12.4 Å². The summed E-state index contributed by atoms with van der Waals surface area (Å²) in [6, 6.07) is 1.32. The first-order valence-electron chi connectivity index (χ1n) is 9.68. The lowest BCUT2D eigenvalue weighted by molar-refractivity contribution is -0.124. The van der Waals surface area contributed by atoms with Crippen molar-refractivity contribution in [3.8, 4) is 11.8 Å². The summed E-state index contributed by atoms with van der Waals surface area (Å²) in [7, 11) is 1.72. The highest BCUT2D eigenvalue weighted by molar-refractivity contribution is 5.83. The maximum atomic E-state index is 11.8. The molecule has 0 aromatic carbocycles. The average molecular weight is 409 g/mol. The van der Waals surface area contributed by atoms with Gasteiger partial charge in [0.1, 0.15) is 17.6 Å². The predicted octanol–water partition coefficient (Wildman–Crippen LogP) is 1.35. The van der Waals surface area contributed by atoms with Crippen LogP contribution in [-0.2, 0) is 4.79 Å². The number of furan rings is 1. The Bertz CT molecular complexity index is 1170. The number of imidazole rings is 1. The number of aryl methyl sites for hydroxylation is 2. The molecular weight excluding hydrogens is 386 g/mol. The van der Waals surface area contributed by atoms with E-state index in [-0.39, 0.29) is 11.6 Å². The lowest BCUT2D eigenvalue weighted by atomic mass is 10.0. The fourth-order valence-corrected chi connectivity index (χ4v) is 3.83. The molecule has 0 amide bonds. The number of hydrogen-bond acceptors (Lipinski definition) is 8. The van der Waals surface area contributed by atoms with Crippen molar-refractivity contribution in [1.29, 1.82) is 0 Å². The topological polar surface area (TPSA) is 126 Å². The predicted molar refractivity (Wildman–Crippen MR) is 109 cm³/mol. The molecule has 3 heterocycles. The molecule has 4 atom stereocenters. The summed E-state index contributed by atoms with van der Waals surface area (Å²) in [5, 5.41) is 23.8. The summed E-state index contributed by atoms with van der Waals surface area (Å²) in [4.78, 5) is 25.1. The second-order valence-corrected chi connectivity index (χ2v) is 7.57. The number of nitrogens with zero attached hydrogens (tertiary/aromatic N) is 4. The van der Waals surface area contributed by atoms with E-state index in [1.165, 1.54) is 6.92 Å². The quantitative estimate of drug-likeness (QED) is 0.554. The number of fused-ring (bicyclic) bond motifs is 1. The number of anilines is 1. The lowest BCUT2D eigenvalue weighted by Gasteiger charge is -2.18. The third-order valence-electron chi connectivity index (χ3n) is 5.65. The van der Waals surface area contributed by atoms with Crippen molar-refractivity contribution in [2.45, 2.75) is 45.4 Å². The summed E-state index contributed by atoms with van der Waals surface area (Å²) in [6.45, 7) is 5.23. The Morgan fingerprint density at radius 1 is 1.27 bits per heavy atom. The van der Waals surface area contributed by atoms with Gasteiger partial charge in [-0.3, -0.25) is 4.79 Å². The van der Waals surface area contributed by atoms with Gasteiger partial charge in [0.2, 0.25) is 5.82 Å². The Morgan fingerprint density at radius 3 is 2.63 bits per heavy atom. The highest BCUT2D eigenvalue weighted by Crippen LogP contribution is 2.37. The number of carbonyl (C=O) groups excluding carboxylic acids is 1. The zero-order valence-corrected chi connectivity index (χ0v) is 17.2. The van der Waals surface area contributed by atoms with Crippen molar-refractivity contribution in [3.63, 3.8) is 0 Å². The summed E-state index contributed by atoms with van der Waals surface area (Å²) in [6.07, 6.45) is -0.388. The molecule has 156 valence electrons. The van der Waals surface area contributed by atoms with Crippen LogP contribution in [0.15, 0.2) is 16.8 Å². The number of Topliss-reactive ketones (excluding diaryl/α,β-unsaturated/α-hetero) is 1. The SMILES string of the molecule is CNc1nc(C#Cc2cc(C)c(C)o2)nc2c1ncn2[C@@H]1C[C@H](C(C)=O)C(O)[C@H]1O. The van der Waals surface area contributed by atoms with Gasteiger partial charge in [-0.25, -0.2) is 15.0 Å². The van der Waals surface area contributed by atoms with Gasteiger partial charge in [0.05, 0.1) is 18.5 Å². The number of rotatable bonds is 3. The normalized spacial score (nSPS) is 23.4. The molecule has 30 heavy (non-hydrogen) atoms. The molecule has 0 radical (unpaired) electrons. The summed E-state index contributed by atoms with van der Waals surface area (Å²) in [5.41, 5.74) is 1.99. The highest BCUT2D eigenvalue weighted by Gasteiger charge is 2.45. The second kappa shape index (κ2) is 7.55. The fourth-order valence-electron chi connectivity index (χ4n) is 3.83. The van der Waals surface area contributed by atoms with E-state index < -0.39 is 24.2 Å². The first-order chi connectivity index (χ1) is 14.3. The van der Waals surface area contributed by atoms with E-state index in [4.69, 9.17) is 4.42 Å². The van der Waals surface area contributed by atoms with Gasteiger partial charge in [-0.1, -0.05) is 0 Å². The largest absolute Gasteiger partial charge is 0.453 e. The van der Waals surface area contributed by atoms with Gasteiger partial charge in [-0.05, 0) is 50.7 Å². The third kappa shape index (κ3) is 3.34. The summed E-state index contributed by atoms with van der Waals surface area (Å²) >= 11 is 0. The van der Waals surface area contributed by atoms with Crippen LogP contribution in [0.1, 0.15) is 42.3 Å².